The van der Waals surface area contributed by atoms with Crippen molar-refractivity contribution in [3.05, 3.63) is 53.4 Å². The second-order valence-corrected chi connectivity index (χ2v) is 4.06. The lowest BCUT2D eigenvalue weighted by atomic mass is 10.2. The number of aromatic nitrogens is 3. The van der Waals surface area contributed by atoms with E-state index < -0.39 is 5.97 Å². The standard InChI is InChI=1S/C13H14N4O2/c1-9-5-17-10(7-16-9)6-14-8-12-11(13(18)19)3-2-4-15-12/h2-5,7,14H,6,8H2,1H3,(H,18,19). The van der Waals surface area contributed by atoms with Crippen LogP contribution in [-0.4, -0.2) is 26.0 Å². The molecule has 2 aromatic rings. The van der Waals surface area contributed by atoms with Crippen LogP contribution in [0.25, 0.3) is 0 Å². The van der Waals surface area contributed by atoms with E-state index in [-0.39, 0.29) is 5.56 Å². The van der Waals surface area contributed by atoms with E-state index in [1.165, 1.54) is 6.07 Å². The number of rotatable bonds is 5. The Bertz CT molecular complexity index is 569. The minimum Gasteiger partial charge on any atom is -0.478 e. The van der Waals surface area contributed by atoms with Crippen LogP contribution in [0.4, 0.5) is 0 Å². The largest absolute Gasteiger partial charge is 0.478 e. The Morgan fingerprint density at radius 1 is 1.26 bits per heavy atom. The van der Waals surface area contributed by atoms with E-state index >= 15 is 0 Å². The van der Waals surface area contributed by atoms with Crippen LogP contribution in [0.2, 0.25) is 0 Å². The zero-order valence-electron chi connectivity index (χ0n) is 10.5. The van der Waals surface area contributed by atoms with E-state index in [0.717, 1.165) is 11.4 Å². The molecule has 6 nitrogen and oxygen atoms in total. The third kappa shape index (κ3) is 3.56. The second-order valence-electron chi connectivity index (χ2n) is 4.06. The number of carboxylic acids is 1. The number of hydrogen-bond acceptors (Lipinski definition) is 5. The predicted octanol–water partition coefficient (Wildman–Crippen LogP) is 1.17. The number of nitrogens with zero attached hydrogens (tertiary/aromatic N) is 3. The van der Waals surface area contributed by atoms with E-state index in [1.807, 2.05) is 6.92 Å². The molecule has 0 aliphatic rings. The molecule has 0 spiro atoms. The Morgan fingerprint density at radius 3 is 2.79 bits per heavy atom. The van der Waals surface area contributed by atoms with Crippen LogP contribution in [0.1, 0.15) is 27.4 Å². The van der Waals surface area contributed by atoms with Crippen molar-refractivity contribution in [2.45, 2.75) is 20.0 Å². The maximum absolute atomic E-state index is 11.0. The fraction of sp³-hybridized carbons (Fsp3) is 0.231. The Kier molecular flexibility index (Phi) is 4.15. The van der Waals surface area contributed by atoms with Gasteiger partial charge in [-0.25, -0.2) is 4.79 Å². The van der Waals surface area contributed by atoms with Crippen LogP contribution in [0, 0.1) is 6.92 Å². The van der Waals surface area contributed by atoms with Gasteiger partial charge in [0.15, 0.2) is 0 Å². The molecule has 6 heteroatoms. The fourth-order valence-corrected chi connectivity index (χ4v) is 1.59. The molecule has 0 bridgehead atoms. The van der Waals surface area contributed by atoms with Crippen molar-refractivity contribution in [3.8, 4) is 0 Å². The molecular formula is C13H14N4O2. The normalized spacial score (nSPS) is 10.4. The number of carboxylic acid groups (broad SMARTS) is 1. The van der Waals surface area contributed by atoms with Gasteiger partial charge in [-0.05, 0) is 19.1 Å². The number of aromatic carboxylic acids is 1. The van der Waals surface area contributed by atoms with E-state index in [0.29, 0.717) is 18.8 Å². The molecule has 0 saturated heterocycles. The lowest BCUT2D eigenvalue weighted by Gasteiger charge is -2.06. The van der Waals surface area contributed by atoms with Crippen LogP contribution in [-0.2, 0) is 13.1 Å². The Morgan fingerprint density at radius 2 is 2.11 bits per heavy atom. The van der Waals surface area contributed by atoms with Crippen LogP contribution in [0.15, 0.2) is 30.7 Å². The predicted molar refractivity (Wildman–Crippen MR) is 68.5 cm³/mol. The summed E-state index contributed by atoms with van der Waals surface area (Å²) >= 11 is 0. The lowest BCUT2D eigenvalue weighted by molar-refractivity contribution is 0.0695. The number of nitrogens with one attached hydrogen (secondary N) is 1. The van der Waals surface area contributed by atoms with Gasteiger partial charge in [0, 0.05) is 31.7 Å². The molecule has 2 rings (SSSR count). The van der Waals surface area contributed by atoms with Gasteiger partial charge < -0.3 is 10.4 Å². The van der Waals surface area contributed by atoms with E-state index in [2.05, 4.69) is 20.3 Å². The summed E-state index contributed by atoms with van der Waals surface area (Å²) in [6, 6.07) is 3.15. The average Bonchev–Trinajstić information content (AvgIpc) is 2.41. The molecule has 0 aliphatic carbocycles. The second kappa shape index (κ2) is 6.01. The van der Waals surface area contributed by atoms with Gasteiger partial charge in [-0.2, -0.15) is 0 Å². The fourth-order valence-electron chi connectivity index (χ4n) is 1.59. The highest BCUT2D eigenvalue weighted by Crippen LogP contribution is 2.05. The zero-order chi connectivity index (χ0) is 13.7. The first-order valence-corrected chi connectivity index (χ1v) is 5.82. The molecule has 0 saturated carbocycles. The highest BCUT2D eigenvalue weighted by molar-refractivity contribution is 5.88. The van der Waals surface area contributed by atoms with Gasteiger partial charge in [0.25, 0.3) is 0 Å². The van der Waals surface area contributed by atoms with Gasteiger partial charge in [0.1, 0.15) is 0 Å². The van der Waals surface area contributed by atoms with Crippen molar-refractivity contribution in [3.63, 3.8) is 0 Å². The smallest absolute Gasteiger partial charge is 0.337 e. The molecule has 0 unspecified atom stereocenters. The summed E-state index contributed by atoms with van der Waals surface area (Å²) in [6.45, 7) is 2.76. The maximum Gasteiger partial charge on any atom is 0.337 e. The third-order valence-corrected chi connectivity index (χ3v) is 2.55. The zero-order valence-corrected chi connectivity index (χ0v) is 10.5. The summed E-state index contributed by atoms with van der Waals surface area (Å²) in [7, 11) is 0. The summed E-state index contributed by atoms with van der Waals surface area (Å²) in [5.41, 5.74) is 2.39. The van der Waals surface area contributed by atoms with Crippen molar-refractivity contribution < 1.29 is 9.90 Å². The summed E-state index contributed by atoms with van der Waals surface area (Å²) in [5.74, 6) is -0.972. The summed E-state index contributed by atoms with van der Waals surface area (Å²) < 4.78 is 0. The van der Waals surface area contributed by atoms with E-state index in [1.54, 1.807) is 24.7 Å². The summed E-state index contributed by atoms with van der Waals surface area (Å²) in [5, 5.41) is 12.1. The van der Waals surface area contributed by atoms with Gasteiger partial charge in [0.05, 0.1) is 22.6 Å². The minimum atomic E-state index is -0.972. The molecule has 98 valence electrons. The first kappa shape index (κ1) is 13.1. The van der Waals surface area contributed by atoms with Crippen LogP contribution >= 0.6 is 0 Å². The number of pyridine rings is 1. The Hall–Kier alpha value is -2.34. The summed E-state index contributed by atoms with van der Waals surface area (Å²) in [6.07, 6.45) is 4.97. The Balaban J connectivity index is 1.96. The molecule has 19 heavy (non-hydrogen) atoms. The SMILES string of the molecule is Cc1cnc(CNCc2ncccc2C(=O)O)cn1. The van der Waals surface area contributed by atoms with Gasteiger partial charge in [-0.15, -0.1) is 0 Å². The minimum absolute atomic E-state index is 0.213. The van der Waals surface area contributed by atoms with Crippen LogP contribution in [0.3, 0.4) is 0 Å². The number of aryl methyl sites for hydroxylation is 1. The average molecular weight is 258 g/mol. The lowest BCUT2D eigenvalue weighted by Crippen LogP contribution is -2.17. The van der Waals surface area contributed by atoms with Crippen molar-refractivity contribution in [1.29, 1.82) is 0 Å². The van der Waals surface area contributed by atoms with Gasteiger partial charge in [0.2, 0.25) is 0 Å². The molecule has 0 aromatic carbocycles. The molecule has 2 heterocycles. The molecule has 2 aromatic heterocycles. The van der Waals surface area contributed by atoms with Crippen molar-refractivity contribution >= 4 is 5.97 Å². The number of hydrogen-bond donors (Lipinski definition) is 2. The molecule has 0 atom stereocenters. The molecule has 0 radical (unpaired) electrons. The van der Waals surface area contributed by atoms with E-state index in [4.69, 9.17) is 5.11 Å². The Labute approximate surface area is 110 Å². The maximum atomic E-state index is 11.0. The van der Waals surface area contributed by atoms with Crippen molar-refractivity contribution in [2.24, 2.45) is 0 Å². The monoisotopic (exact) mass is 258 g/mol. The molecule has 0 fully saturated rings. The van der Waals surface area contributed by atoms with Gasteiger partial charge in [-0.3, -0.25) is 15.0 Å². The van der Waals surface area contributed by atoms with Gasteiger partial charge >= 0.3 is 5.97 Å². The quantitative estimate of drug-likeness (QED) is 0.837. The first-order chi connectivity index (χ1) is 9.16. The first-order valence-electron chi connectivity index (χ1n) is 5.82. The van der Waals surface area contributed by atoms with Crippen molar-refractivity contribution in [1.82, 2.24) is 20.3 Å². The third-order valence-electron chi connectivity index (χ3n) is 2.55. The van der Waals surface area contributed by atoms with Gasteiger partial charge in [-0.1, -0.05) is 0 Å². The highest BCUT2D eigenvalue weighted by Gasteiger charge is 2.09. The molecule has 2 N–H and O–H groups in total. The van der Waals surface area contributed by atoms with Crippen LogP contribution < -0.4 is 5.32 Å². The topological polar surface area (TPSA) is 88.0 Å². The van der Waals surface area contributed by atoms with Crippen molar-refractivity contribution in [2.75, 3.05) is 0 Å². The molecular weight excluding hydrogens is 244 g/mol. The molecule has 0 aliphatic heterocycles. The molecule has 0 amide bonds. The summed E-state index contributed by atoms with van der Waals surface area (Å²) in [4.78, 5) is 23.4. The highest BCUT2D eigenvalue weighted by atomic mass is 16.4. The van der Waals surface area contributed by atoms with Crippen LogP contribution in [0.5, 0.6) is 0 Å². The van der Waals surface area contributed by atoms with E-state index in [9.17, 15) is 4.79 Å². The number of carbonyl (C=O) groups is 1.